The predicted octanol–water partition coefficient (Wildman–Crippen LogP) is 7.45. The molecule has 1 N–H and O–H groups in total. The fourth-order valence-corrected chi connectivity index (χ4v) is 5.72. The first-order valence-corrected chi connectivity index (χ1v) is 11.8. The van der Waals surface area contributed by atoms with Crippen LogP contribution in [-0.4, -0.2) is 15.9 Å². The summed E-state index contributed by atoms with van der Waals surface area (Å²) >= 11 is 8.49. The predicted molar refractivity (Wildman–Crippen MR) is 127 cm³/mol. The number of carbonyl (C=O) groups is 1. The van der Waals surface area contributed by atoms with Crippen LogP contribution < -0.4 is 5.32 Å². The highest BCUT2D eigenvalue weighted by Gasteiger charge is 2.34. The van der Waals surface area contributed by atoms with Crippen molar-refractivity contribution in [2.45, 2.75) is 30.3 Å². The van der Waals surface area contributed by atoms with Gasteiger partial charge in [-0.05, 0) is 43.2 Å². The lowest BCUT2D eigenvalue weighted by molar-refractivity contribution is -0.137. The molecule has 2 heterocycles. The number of anilines is 1. The van der Waals surface area contributed by atoms with Crippen molar-refractivity contribution in [3.05, 3.63) is 81.4 Å². The van der Waals surface area contributed by atoms with Gasteiger partial charge in [-0.1, -0.05) is 53.7 Å². The molecule has 0 saturated heterocycles. The number of carbonyl (C=O) groups excluding carboxylic acids is 1. The van der Waals surface area contributed by atoms with E-state index in [1.165, 1.54) is 24.2 Å². The number of aryl methyl sites for hydroxylation is 2. The molecule has 0 fully saturated rings. The average molecular weight is 508 g/mol. The van der Waals surface area contributed by atoms with Crippen molar-refractivity contribution >= 4 is 56.5 Å². The minimum atomic E-state index is -4.63. The number of rotatable bonds is 5. The Hall–Kier alpha value is -2.62. The molecule has 1 amide bonds. The van der Waals surface area contributed by atoms with Gasteiger partial charge in [0.2, 0.25) is 5.91 Å². The van der Waals surface area contributed by atoms with Crippen molar-refractivity contribution in [1.29, 1.82) is 0 Å². The number of thiophene rings is 1. The van der Waals surface area contributed by atoms with E-state index in [9.17, 15) is 18.0 Å². The SMILES string of the molecule is Cc1sc2ncnc(SC(C(=O)Nc3ccc(Cl)c(C(F)(F)F)c3)c3ccccc3)c2c1C. The zero-order valence-electron chi connectivity index (χ0n) is 17.4. The van der Waals surface area contributed by atoms with E-state index in [0.29, 0.717) is 10.6 Å². The van der Waals surface area contributed by atoms with Gasteiger partial charge in [-0.15, -0.1) is 11.3 Å². The molecule has 0 aliphatic rings. The second-order valence-electron chi connectivity index (χ2n) is 7.23. The average Bonchev–Trinajstić information content (AvgIpc) is 3.07. The highest BCUT2D eigenvalue weighted by Crippen LogP contribution is 2.42. The Morgan fingerprint density at radius 1 is 1.12 bits per heavy atom. The summed E-state index contributed by atoms with van der Waals surface area (Å²) in [7, 11) is 0. The molecule has 10 heteroatoms. The summed E-state index contributed by atoms with van der Waals surface area (Å²) in [5.41, 5.74) is 0.737. The van der Waals surface area contributed by atoms with Crippen molar-refractivity contribution in [1.82, 2.24) is 9.97 Å². The fraction of sp³-hybridized carbons (Fsp3) is 0.174. The van der Waals surface area contributed by atoms with Gasteiger partial charge in [0.05, 0.1) is 10.6 Å². The van der Waals surface area contributed by atoms with Gasteiger partial charge in [0.15, 0.2) is 0 Å². The monoisotopic (exact) mass is 507 g/mol. The van der Waals surface area contributed by atoms with Crippen molar-refractivity contribution in [2.24, 2.45) is 0 Å². The number of nitrogens with zero attached hydrogens (tertiary/aromatic N) is 2. The van der Waals surface area contributed by atoms with Crippen LogP contribution in [0.15, 0.2) is 59.9 Å². The molecule has 4 nitrogen and oxygen atoms in total. The first kappa shape index (κ1) is 23.5. The maximum absolute atomic E-state index is 13.3. The van der Waals surface area contributed by atoms with Crippen LogP contribution in [0.2, 0.25) is 5.02 Å². The van der Waals surface area contributed by atoms with E-state index in [2.05, 4.69) is 15.3 Å². The van der Waals surface area contributed by atoms with Crippen molar-refractivity contribution in [3.63, 3.8) is 0 Å². The van der Waals surface area contributed by atoms with Gasteiger partial charge < -0.3 is 5.32 Å². The number of thioether (sulfide) groups is 1. The first-order chi connectivity index (χ1) is 15.6. The van der Waals surface area contributed by atoms with E-state index < -0.39 is 27.9 Å². The van der Waals surface area contributed by atoms with Gasteiger partial charge in [-0.3, -0.25) is 4.79 Å². The molecule has 0 aliphatic carbocycles. The summed E-state index contributed by atoms with van der Waals surface area (Å²) in [5.74, 6) is -0.474. The molecular weight excluding hydrogens is 491 g/mol. The molecule has 4 aromatic rings. The minimum absolute atomic E-state index is 0.00801. The number of alkyl halides is 3. The number of halogens is 4. The Kier molecular flexibility index (Phi) is 6.65. The van der Waals surface area contributed by atoms with Gasteiger partial charge in [0.1, 0.15) is 21.4 Å². The molecular formula is C23H17ClF3N3OS2. The highest BCUT2D eigenvalue weighted by molar-refractivity contribution is 8.00. The smallest absolute Gasteiger partial charge is 0.325 e. The number of amides is 1. The first-order valence-electron chi connectivity index (χ1n) is 9.75. The van der Waals surface area contributed by atoms with Crippen LogP contribution in [0, 0.1) is 13.8 Å². The largest absolute Gasteiger partial charge is 0.417 e. The number of hydrogen-bond donors (Lipinski definition) is 1. The highest BCUT2D eigenvalue weighted by atomic mass is 35.5. The lowest BCUT2D eigenvalue weighted by Crippen LogP contribution is -2.19. The van der Waals surface area contributed by atoms with Crippen LogP contribution in [0.3, 0.4) is 0 Å². The Morgan fingerprint density at radius 2 is 1.85 bits per heavy atom. The number of fused-ring (bicyclic) bond motifs is 1. The lowest BCUT2D eigenvalue weighted by atomic mass is 10.1. The summed E-state index contributed by atoms with van der Waals surface area (Å²) in [4.78, 5) is 24.0. The summed E-state index contributed by atoms with van der Waals surface area (Å²) in [6.45, 7) is 3.97. The van der Waals surface area contributed by atoms with E-state index in [1.807, 2.05) is 19.9 Å². The van der Waals surface area contributed by atoms with Crippen LogP contribution in [0.25, 0.3) is 10.2 Å². The van der Waals surface area contributed by atoms with E-state index in [0.717, 1.165) is 32.8 Å². The molecule has 1 unspecified atom stereocenters. The van der Waals surface area contributed by atoms with E-state index in [-0.39, 0.29) is 5.69 Å². The van der Waals surface area contributed by atoms with Crippen LogP contribution in [-0.2, 0) is 11.0 Å². The van der Waals surface area contributed by atoms with Gasteiger partial charge in [0, 0.05) is 16.0 Å². The molecule has 33 heavy (non-hydrogen) atoms. The zero-order chi connectivity index (χ0) is 23.8. The maximum atomic E-state index is 13.3. The molecule has 0 saturated carbocycles. The van der Waals surface area contributed by atoms with Crippen LogP contribution >= 0.6 is 34.7 Å². The summed E-state index contributed by atoms with van der Waals surface area (Å²) in [5, 5.41) is 2.94. The van der Waals surface area contributed by atoms with Crippen molar-refractivity contribution in [2.75, 3.05) is 5.32 Å². The maximum Gasteiger partial charge on any atom is 0.417 e. The van der Waals surface area contributed by atoms with E-state index in [4.69, 9.17) is 11.6 Å². The third-order valence-electron chi connectivity index (χ3n) is 5.04. The van der Waals surface area contributed by atoms with Crippen molar-refractivity contribution in [3.8, 4) is 0 Å². The van der Waals surface area contributed by atoms with Gasteiger partial charge >= 0.3 is 6.18 Å². The van der Waals surface area contributed by atoms with Gasteiger partial charge in [-0.25, -0.2) is 9.97 Å². The second kappa shape index (κ2) is 9.32. The number of aromatic nitrogens is 2. The van der Waals surface area contributed by atoms with Gasteiger partial charge in [0.25, 0.3) is 0 Å². The topological polar surface area (TPSA) is 54.9 Å². The number of nitrogens with one attached hydrogen (secondary N) is 1. The lowest BCUT2D eigenvalue weighted by Gasteiger charge is -2.18. The van der Waals surface area contributed by atoms with Crippen molar-refractivity contribution < 1.29 is 18.0 Å². The third kappa shape index (κ3) is 5.00. The third-order valence-corrected chi connectivity index (χ3v) is 7.74. The fourth-order valence-electron chi connectivity index (χ4n) is 3.28. The molecule has 2 aromatic carbocycles. The Balaban J connectivity index is 1.70. The summed E-state index contributed by atoms with van der Waals surface area (Å²) in [6.07, 6.45) is -3.18. The Bertz CT molecular complexity index is 1330. The molecule has 0 spiro atoms. The Labute approximate surface area is 201 Å². The quantitative estimate of drug-likeness (QED) is 0.225. The second-order valence-corrected chi connectivity index (χ2v) is 9.94. The van der Waals surface area contributed by atoms with E-state index in [1.54, 1.807) is 35.6 Å². The summed E-state index contributed by atoms with van der Waals surface area (Å²) in [6, 6.07) is 12.3. The summed E-state index contributed by atoms with van der Waals surface area (Å²) < 4.78 is 39.8. The Morgan fingerprint density at radius 3 is 2.55 bits per heavy atom. The molecule has 0 aliphatic heterocycles. The number of hydrogen-bond acceptors (Lipinski definition) is 5. The zero-order valence-corrected chi connectivity index (χ0v) is 19.8. The molecule has 170 valence electrons. The van der Waals surface area contributed by atoms with Crippen LogP contribution in [0.5, 0.6) is 0 Å². The molecule has 2 aromatic heterocycles. The normalized spacial score (nSPS) is 12.7. The van der Waals surface area contributed by atoms with Gasteiger partial charge in [-0.2, -0.15) is 13.2 Å². The van der Waals surface area contributed by atoms with Crippen LogP contribution in [0.1, 0.15) is 26.8 Å². The molecule has 0 radical (unpaired) electrons. The van der Waals surface area contributed by atoms with Crippen LogP contribution in [0.4, 0.5) is 18.9 Å². The molecule has 4 rings (SSSR count). The number of benzene rings is 2. The standard InChI is InChI=1S/C23H17ClF3N3OS2/c1-12-13(2)32-21-18(12)22(29-11-28-21)33-19(14-6-4-3-5-7-14)20(31)30-15-8-9-17(24)16(10-15)23(25,26)27/h3-11,19H,1-2H3,(H,30,31). The molecule has 0 bridgehead atoms. The minimum Gasteiger partial charge on any atom is -0.325 e. The van der Waals surface area contributed by atoms with E-state index >= 15 is 0 Å². The molecule has 1 atom stereocenters.